The second-order valence-corrected chi connectivity index (χ2v) is 12.0. The van der Waals surface area contributed by atoms with Crippen molar-refractivity contribution in [3.05, 3.63) is 24.3 Å². The summed E-state index contributed by atoms with van der Waals surface area (Å²) in [6, 6.07) is 5.85. The zero-order valence-electron chi connectivity index (χ0n) is 15.0. The monoisotopic (exact) mass is 420 g/mol. The molecular weight excluding hydrogens is 396 g/mol. The molecule has 1 aromatic carbocycles. The van der Waals surface area contributed by atoms with Crippen molar-refractivity contribution in [3.8, 4) is 0 Å². The Morgan fingerprint density at radius 1 is 1.31 bits per heavy atom. The predicted octanol–water partition coefficient (Wildman–Crippen LogP) is 1.57. The molecule has 0 spiro atoms. The highest BCUT2D eigenvalue weighted by Gasteiger charge is 2.28. The standard InChI is InChI=1S/C16H24N2O5S3/c1-12(2)18(3)26(22,23)15-6-4-13(5-7-15)17-16(19)10-24-14-8-9-25(20,21)11-14/h4-7,12,14H,8-11H2,1-3H3,(H,17,19)/t14-/m1/s1. The summed E-state index contributed by atoms with van der Waals surface area (Å²) >= 11 is 1.33. The molecule has 10 heteroatoms. The third-order valence-electron chi connectivity index (χ3n) is 4.18. The van der Waals surface area contributed by atoms with Crippen molar-refractivity contribution < 1.29 is 21.6 Å². The average molecular weight is 421 g/mol. The van der Waals surface area contributed by atoms with Gasteiger partial charge in [0.1, 0.15) is 0 Å². The molecule has 1 aliphatic rings. The third kappa shape index (κ3) is 5.45. The van der Waals surface area contributed by atoms with Crippen LogP contribution in [0.4, 0.5) is 5.69 Å². The molecule has 0 saturated carbocycles. The molecular formula is C16H24N2O5S3. The second-order valence-electron chi connectivity index (χ2n) is 6.52. The molecule has 26 heavy (non-hydrogen) atoms. The highest BCUT2D eigenvalue weighted by atomic mass is 32.2. The van der Waals surface area contributed by atoms with Crippen LogP contribution < -0.4 is 5.32 Å². The first-order chi connectivity index (χ1) is 12.0. The van der Waals surface area contributed by atoms with Crippen molar-refractivity contribution in [3.63, 3.8) is 0 Å². The Bertz CT molecular complexity index is 848. The van der Waals surface area contributed by atoms with E-state index in [4.69, 9.17) is 0 Å². The van der Waals surface area contributed by atoms with Crippen molar-refractivity contribution in [2.24, 2.45) is 0 Å². The molecule has 2 rings (SSSR count). The van der Waals surface area contributed by atoms with Crippen molar-refractivity contribution in [2.45, 2.75) is 36.5 Å². The lowest BCUT2D eigenvalue weighted by Crippen LogP contribution is -2.33. The number of hydrogen-bond donors (Lipinski definition) is 1. The Kier molecular flexibility index (Phi) is 6.75. The lowest BCUT2D eigenvalue weighted by molar-refractivity contribution is -0.113. The molecule has 1 aliphatic heterocycles. The number of benzene rings is 1. The number of thioether (sulfide) groups is 1. The number of sulfone groups is 1. The molecule has 0 aliphatic carbocycles. The first-order valence-corrected chi connectivity index (χ1v) is 12.5. The number of amides is 1. The van der Waals surface area contributed by atoms with Crippen LogP contribution in [0.3, 0.4) is 0 Å². The van der Waals surface area contributed by atoms with E-state index in [-0.39, 0.29) is 39.4 Å². The molecule has 7 nitrogen and oxygen atoms in total. The van der Waals surface area contributed by atoms with E-state index >= 15 is 0 Å². The minimum atomic E-state index is -3.56. The van der Waals surface area contributed by atoms with E-state index < -0.39 is 19.9 Å². The van der Waals surface area contributed by atoms with Crippen molar-refractivity contribution in [1.82, 2.24) is 4.31 Å². The first kappa shape index (κ1) is 21.2. The summed E-state index contributed by atoms with van der Waals surface area (Å²) in [4.78, 5) is 12.2. The maximum absolute atomic E-state index is 12.4. The molecule has 146 valence electrons. The molecule has 1 N–H and O–H groups in total. The molecule has 1 atom stereocenters. The number of carbonyl (C=O) groups excluding carboxylic acids is 1. The minimum Gasteiger partial charge on any atom is -0.325 e. The van der Waals surface area contributed by atoms with Crippen LogP contribution in [-0.2, 0) is 24.7 Å². The van der Waals surface area contributed by atoms with Gasteiger partial charge >= 0.3 is 0 Å². The van der Waals surface area contributed by atoms with E-state index in [2.05, 4.69) is 5.32 Å². The molecule has 0 bridgehead atoms. The van der Waals surface area contributed by atoms with Gasteiger partial charge in [-0.15, -0.1) is 11.8 Å². The Labute approximate surface area is 159 Å². The van der Waals surface area contributed by atoms with Crippen LogP contribution in [0.2, 0.25) is 0 Å². The van der Waals surface area contributed by atoms with Gasteiger partial charge in [-0.25, -0.2) is 16.8 Å². The lowest BCUT2D eigenvalue weighted by atomic mass is 10.3. The maximum Gasteiger partial charge on any atom is 0.243 e. The highest BCUT2D eigenvalue weighted by molar-refractivity contribution is 8.02. The Morgan fingerprint density at radius 2 is 1.92 bits per heavy atom. The molecule has 0 aromatic heterocycles. The zero-order chi connectivity index (χ0) is 19.5. The molecule has 0 radical (unpaired) electrons. The molecule has 1 amide bonds. The summed E-state index contributed by atoms with van der Waals surface area (Å²) in [7, 11) is -4.98. The number of nitrogens with one attached hydrogen (secondary N) is 1. The van der Waals surface area contributed by atoms with E-state index in [1.165, 1.54) is 35.2 Å². The first-order valence-electron chi connectivity index (χ1n) is 8.21. The Morgan fingerprint density at radius 3 is 2.42 bits per heavy atom. The van der Waals surface area contributed by atoms with Crippen molar-refractivity contribution in [2.75, 3.05) is 29.6 Å². The van der Waals surface area contributed by atoms with Crippen LogP contribution in [0, 0.1) is 0 Å². The van der Waals surface area contributed by atoms with E-state index in [0.717, 1.165) is 0 Å². The van der Waals surface area contributed by atoms with Gasteiger partial charge in [-0.3, -0.25) is 4.79 Å². The zero-order valence-corrected chi connectivity index (χ0v) is 17.5. The highest BCUT2D eigenvalue weighted by Crippen LogP contribution is 2.24. The van der Waals surface area contributed by atoms with E-state index in [0.29, 0.717) is 12.1 Å². The number of carbonyl (C=O) groups is 1. The quantitative estimate of drug-likeness (QED) is 0.719. The van der Waals surface area contributed by atoms with Crippen LogP contribution in [-0.4, -0.2) is 62.6 Å². The number of sulfonamides is 1. The van der Waals surface area contributed by atoms with Gasteiger partial charge < -0.3 is 5.32 Å². The molecule has 1 saturated heterocycles. The van der Waals surface area contributed by atoms with Crippen LogP contribution in [0.25, 0.3) is 0 Å². The van der Waals surface area contributed by atoms with Gasteiger partial charge in [-0.05, 0) is 44.5 Å². The molecule has 1 aromatic rings. The Balaban J connectivity index is 1.91. The fourth-order valence-electron chi connectivity index (χ4n) is 2.44. The van der Waals surface area contributed by atoms with E-state index in [9.17, 15) is 21.6 Å². The van der Waals surface area contributed by atoms with Gasteiger partial charge in [0.15, 0.2) is 9.84 Å². The van der Waals surface area contributed by atoms with Crippen molar-refractivity contribution in [1.29, 1.82) is 0 Å². The minimum absolute atomic E-state index is 0.0372. The van der Waals surface area contributed by atoms with E-state index in [1.807, 2.05) is 0 Å². The van der Waals surface area contributed by atoms with Gasteiger partial charge in [-0.1, -0.05) is 0 Å². The van der Waals surface area contributed by atoms with Crippen molar-refractivity contribution >= 4 is 43.2 Å². The molecule has 1 fully saturated rings. The summed E-state index contributed by atoms with van der Waals surface area (Å²) in [5.41, 5.74) is 0.501. The molecule has 0 unspecified atom stereocenters. The summed E-state index contributed by atoms with van der Waals surface area (Å²) in [6.07, 6.45) is 0.580. The fraction of sp³-hybridized carbons (Fsp3) is 0.562. The topological polar surface area (TPSA) is 101 Å². The maximum atomic E-state index is 12.4. The molecule has 1 heterocycles. The van der Waals surface area contributed by atoms with Crippen LogP contribution in [0.5, 0.6) is 0 Å². The number of hydrogen-bond acceptors (Lipinski definition) is 6. The van der Waals surface area contributed by atoms with Gasteiger partial charge in [0.25, 0.3) is 0 Å². The average Bonchev–Trinajstić information content (AvgIpc) is 2.91. The van der Waals surface area contributed by atoms with Crippen LogP contribution in [0.1, 0.15) is 20.3 Å². The van der Waals surface area contributed by atoms with Gasteiger partial charge in [0, 0.05) is 24.0 Å². The van der Waals surface area contributed by atoms with Crippen LogP contribution >= 0.6 is 11.8 Å². The smallest absolute Gasteiger partial charge is 0.243 e. The number of nitrogens with zero attached hydrogens (tertiary/aromatic N) is 1. The largest absolute Gasteiger partial charge is 0.325 e. The summed E-state index contributed by atoms with van der Waals surface area (Å²) in [5.74, 6) is 0.235. The second kappa shape index (κ2) is 8.28. The fourth-order valence-corrected chi connectivity index (χ4v) is 7.25. The van der Waals surface area contributed by atoms with Crippen LogP contribution in [0.15, 0.2) is 29.2 Å². The number of anilines is 1. The number of rotatable bonds is 7. The SMILES string of the molecule is CC(C)N(C)S(=O)(=O)c1ccc(NC(=O)CS[C@@H]2CCS(=O)(=O)C2)cc1. The third-order valence-corrected chi connectivity index (χ3v) is 9.51. The van der Waals surface area contributed by atoms with Gasteiger partial charge in [0.2, 0.25) is 15.9 Å². The van der Waals surface area contributed by atoms with Gasteiger partial charge in [0.05, 0.1) is 22.2 Å². The summed E-state index contributed by atoms with van der Waals surface area (Å²) in [6.45, 7) is 3.58. The summed E-state index contributed by atoms with van der Waals surface area (Å²) < 4.78 is 48.9. The lowest BCUT2D eigenvalue weighted by Gasteiger charge is -2.21. The summed E-state index contributed by atoms with van der Waals surface area (Å²) in [5, 5.41) is 2.66. The normalized spacial score (nSPS) is 19.8. The predicted molar refractivity (Wildman–Crippen MR) is 105 cm³/mol. The Hall–Kier alpha value is -1.10. The van der Waals surface area contributed by atoms with Gasteiger partial charge in [-0.2, -0.15) is 4.31 Å². The van der Waals surface area contributed by atoms with E-state index in [1.54, 1.807) is 26.0 Å².